The molecule has 4 nitrogen and oxygen atoms in total. The number of thioether (sulfide) groups is 1. The molecule has 0 amide bonds. The standard InChI is InChI=1S/C14H22N2O2S/c1-3-4-5-8-19-10-11-6-7-13(18-2)12(9-11)14(15)16-17/h6-7,9,17H,3-5,8,10H2,1-2H3,(H2,15,16). The topological polar surface area (TPSA) is 67.8 Å². The van der Waals surface area contributed by atoms with Crippen molar-refractivity contribution in [2.75, 3.05) is 12.9 Å². The van der Waals surface area contributed by atoms with E-state index >= 15 is 0 Å². The minimum absolute atomic E-state index is 0.0784. The van der Waals surface area contributed by atoms with Gasteiger partial charge in [-0.15, -0.1) is 0 Å². The maximum atomic E-state index is 8.77. The summed E-state index contributed by atoms with van der Waals surface area (Å²) in [4.78, 5) is 0. The van der Waals surface area contributed by atoms with Crippen molar-refractivity contribution in [3.63, 3.8) is 0 Å². The molecule has 19 heavy (non-hydrogen) atoms. The highest BCUT2D eigenvalue weighted by Gasteiger charge is 2.08. The van der Waals surface area contributed by atoms with Crippen LogP contribution in [-0.4, -0.2) is 23.9 Å². The molecule has 0 radical (unpaired) electrons. The molecule has 1 aromatic rings. The van der Waals surface area contributed by atoms with Gasteiger partial charge in [0.05, 0.1) is 12.7 Å². The summed E-state index contributed by atoms with van der Waals surface area (Å²) < 4.78 is 5.20. The number of benzene rings is 1. The molecule has 0 spiro atoms. The van der Waals surface area contributed by atoms with Crippen molar-refractivity contribution in [3.8, 4) is 5.75 Å². The van der Waals surface area contributed by atoms with Crippen LogP contribution in [0.25, 0.3) is 0 Å². The molecule has 1 aromatic carbocycles. The van der Waals surface area contributed by atoms with Crippen LogP contribution in [0.5, 0.6) is 5.75 Å². The Labute approximate surface area is 119 Å². The molecule has 106 valence electrons. The first-order valence-corrected chi connectivity index (χ1v) is 7.61. The average molecular weight is 282 g/mol. The fourth-order valence-corrected chi connectivity index (χ4v) is 2.71. The predicted molar refractivity (Wildman–Crippen MR) is 81.2 cm³/mol. The number of methoxy groups -OCH3 is 1. The highest BCUT2D eigenvalue weighted by molar-refractivity contribution is 7.98. The van der Waals surface area contributed by atoms with Crippen LogP contribution in [-0.2, 0) is 5.75 Å². The van der Waals surface area contributed by atoms with Gasteiger partial charge >= 0.3 is 0 Å². The van der Waals surface area contributed by atoms with Gasteiger partial charge in [-0.2, -0.15) is 11.8 Å². The van der Waals surface area contributed by atoms with Crippen molar-refractivity contribution in [2.45, 2.75) is 31.9 Å². The first-order valence-electron chi connectivity index (χ1n) is 6.45. The van der Waals surface area contributed by atoms with Crippen LogP contribution in [0.4, 0.5) is 0 Å². The first kappa shape index (κ1) is 15.7. The number of nitrogens with zero attached hydrogens (tertiary/aromatic N) is 1. The number of rotatable bonds is 8. The van der Waals surface area contributed by atoms with Gasteiger partial charge in [0, 0.05) is 5.75 Å². The fourth-order valence-electron chi connectivity index (χ4n) is 1.74. The Balaban J connectivity index is 2.65. The molecule has 0 aliphatic rings. The normalized spacial score (nSPS) is 11.6. The molecule has 1 rings (SSSR count). The summed E-state index contributed by atoms with van der Waals surface area (Å²) in [6, 6.07) is 5.79. The summed E-state index contributed by atoms with van der Waals surface area (Å²) in [6.45, 7) is 2.21. The van der Waals surface area contributed by atoms with E-state index in [0.717, 1.165) is 11.3 Å². The molecule has 0 atom stereocenters. The van der Waals surface area contributed by atoms with E-state index in [1.807, 2.05) is 30.0 Å². The second-order valence-electron chi connectivity index (χ2n) is 4.28. The third-order valence-corrected chi connectivity index (χ3v) is 3.92. The van der Waals surface area contributed by atoms with Gasteiger partial charge in [0.25, 0.3) is 0 Å². The number of nitrogens with two attached hydrogens (primary N) is 1. The van der Waals surface area contributed by atoms with E-state index in [9.17, 15) is 0 Å². The largest absolute Gasteiger partial charge is 0.496 e. The molecular weight excluding hydrogens is 260 g/mol. The number of ether oxygens (including phenoxy) is 1. The molecule has 0 unspecified atom stereocenters. The summed E-state index contributed by atoms with van der Waals surface area (Å²) in [5, 5.41) is 11.8. The molecule has 5 heteroatoms. The van der Waals surface area contributed by atoms with Crippen molar-refractivity contribution in [3.05, 3.63) is 29.3 Å². The van der Waals surface area contributed by atoms with Gasteiger partial charge in [-0.3, -0.25) is 0 Å². The Morgan fingerprint density at radius 3 is 2.84 bits per heavy atom. The Kier molecular flexibility index (Phi) is 7.18. The lowest BCUT2D eigenvalue weighted by Crippen LogP contribution is -2.14. The van der Waals surface area contributed by atoms with Crippen LogP contribution in [0.2, 0.25) is 0 Å². The smallest absolute Gasteiger partial charge is 0.173 e. The highest BCUT2D eigenvalue weighted by Crippen LogP contribution is 2.22. The third kappa shape index (κ3) is 5.03. The van der Waals surface area contributed by atoms with Gasteiger partial charge in [0.2, 0.25) is 0 Å². The fraction of sp³-hybridized carbons (Fsp3) is 0.500. The Morgan fingerprint density at radius 1 is 1.42 bits per heavy atom. The second kappa shape index (κ2) is 8.69. The van der Waals surface area contributed by atoms with Gasteiger partial charge in [0.15, 0.2) is 5.84 Å². The van der Waals surface area contributed by atoms with E-state index in [-0.39, 0.29) is 5.84 Å². The summed E-state index contributed by atoms with van der Waals surface area (Å²) in [6.07, 6.45) is 3.78. The van der Waals surface area contributed by atoms with Crippen LogP contribution in [0, 0.1) is 0 Å². The first-order chi connectivity index (χ1) is 9.22. The zero-order valence-corrected chi connectivity index (χ0v) is 12.4. The molecule has 3 N–H and O–H groups in total. The summed E-state index contributed by atoms with van der Waals surface area (Å²) in [5.74, 6) is 2.79. The lowest BCUT2D eigenvalue weighted by Gasteiger charge is -2.09. The quantitative estimate of drug-likeness (QED) is 0.252. The lowest BCUT2D eigenvalue weighted by atomic mass is 10.1. The van der Waals surface area contributed by atoms with Gasteiger partial charge in [-0.25, -0.2) is 0 Å². The molecule has 0 aromatic heterocycles. The summed E-state index contributed by atoms with van der Waals surface area (Å²) in [7, 11) is 1.57. The van der Waals surface area contributed by atoms with Crippen LogP contribution >= 0.6 is 11.8 Å². The Bertz CT molecular complexity index is 422. The third-order valence-electron chi connectivity index (χ3n) is 2.81. The van der Waals surface area contributed by atoms with Crippen LogP contribution in [0.1, 0.15) is 37.3 Å². The van der Waals surface area contributed by atoms with E-state index < -0.39 is 0 Å². The molecule has 0 fully saturated rings. The van der Waals surface area contributed by atoms with Crippen LogP contribution in [0.15, 0.2) is 23.4 Å². The van der Waals surface area contributed by atoms with Crippen LogP contribution in [0.3, 0.4) is 0 Å². The van der Waals surface area contributed by atoms with Gasteiger partial charge in [0.1, 0.15) is 5.75 Å². The maximum absolute atomic E-state index is 8.77. The monoisotopic (exact) mass is 282 g/mol. The summed E-state index contributed by atoms with van der Waals surface area (Å²) in [5.41, 5.74) is 7.44. The van der Waals surface area contributed by atoms with Gasteiger partial charge < -0.3 is 15.7 Å². The zero-order chi connectivity index (χ0) is 14.1. The molecule has 0 saturated heterocycles. The van der Waals surface area contributed by atoms with Crippen molar-refractivity contribution in [2.24, 2.45) is 10.9 Å². The lowest BCUT2D eigenvalue weighted by molar-refractivity contribution is 0.318. The molecule has 0 aliphatic carbocycles. The van der Waals surface area contributed by atoms with E-state index in [1.54, 1.807) is 7.11 Å². The van der Waals surface area contributed by atoms with E-state index in [1.165, 1.54) is 25.0 Å². The van der Waals surface area contributed by atoms with Crippen molar-refractivity contribution in [1.82, 2.24) is 0 Å². The predicted octanol–water partition coefficient (Wildman–Crippen LogP) is 3.21. The highest BCUT2D eigenvalue weighted by atomic mass is 32.2. The molecular formula is C14H22N2O2S. The van der Waals surface area contributed by atoms with E-state index in [4.69, 9.17) is 15.7 Å². The number of amidine groups is 1. The van der Waals surface area contributed by atoms with Gasteiger partial charge in [-0.1, -0.05) is 31.0 Å². The maximum Gasteiger partial charge on any atom is 0.173 e. The van der Waals surface area contributed by atoms with Crippen molar-refractivity contribution >= 4 is 17.6 Å². The van der Waals surface area contributed by atoms with Crippen molar-refractivity contribution < 1.29 is 9.94 Å². The minimum atomic E-state index is 0.0784. The van der Waals surface area contributed by atoms with Crippen molar-refractivity contribution in [1.29, 1.82) is 0 Å². The van der Waals surface area contributed by atoms with Gasteiger partial charge in [-0.05, 0) is 29.9 Å². The van der Waals surface area contributed by atoms with E-state index in [2.05, 4.69) is 12.1 Å². The minimum Gasteiger partial charge on any atom is -0.496 e. The number of unbranched alkanes of at least 4 members (excludes halogenated alkanes) is 2. The molecule has 0 saturated carbocycles. The second-order valence-corrected chi connectivity index (χ2v) is 5.38. The number of oxime groups is 1. The number of hydrogen-bond donors (Lipinski definition) is 2. The zero-order valence-electron chi connectivity index (χ0n) is 11.6. The average Bonchev–Trinajstić information content (AvgIpc) is 2.46. The SMILES string of the molecule is CCCCCSCc1ccc(OC)c(/C(N)=N/O)c1. The Morgan fingerprint density at radius 2 is 2.21 bits per heavy atom. The molecule has 0 bridgehead atoms. The van der Waals surface area contributed by atoms with Crippen LogP contribution < -0.4 is 10.5 Å². The number of hydrogen-bond acceptors (Lipinski definition) is 4. The molecule has 0 heterocycles. The molecule has 0 aliphatic heterocycles. The van der Waals surface area contributed by atoms with E-state index in [0.29, 0.717) is 11.3 Å². The Hall–Kier alpha value is -1.36. The summed E-state index contributed by atoms with van der Waals surface area (Å²) >= 11 is 1.90.